The van der Waals surface area contributed by atoms with Gasteiger partial charge in [0.05, 0.1) is 5.16 Å². The van der Waals surface area contributed by atoms with E-state index in [0.29, 0.717) is 5.16 Å². The number of unbranched alkanes of at least 4 members (excludes halogenated alkanes) is 18. The van der Waals surface area contributed by atoms with Crippen LogP contribution >= 0.6 is 7.26 Å². The lowest BCUT2D eigenvalue weighted by Crippen LogP contribution is -2.40. The van der Waals surface area contributed by atoms with E-state index in [0.717, 1.165) is 5.92 Å². The summed E-state index contributed by atoms with van der Waals surface area (Å²) in [5.74, 6) is 0.986. The summed E-state index contributed by atoms with van der Waals surface area (Å²) in [4.78, 5) is 0. The van der Waals surface area contributed by atoms with E-state index in [1.807, 2.05) is 0 Å². The average molecular weight is 526 g/mol. The summed E-state index contributed by atoms with van der Waals surface area (Å²) < 4.78 is 0. The normalized spacial score (nSPS) is 13.4. The molecule has 0 fully saturated rings. The van der Waals surface area contributed by atoms with Gasteiger partial charge in [-0.2, -0.15) is 0 Å². The summed E-state index contributed by atoms with van der Waals surface area (Å²) in [6, 6.07) is 0. The van der Waals surface area contributed by atoms with Gasteiger partial charge in [0, 0.05) is 27.3 Å². The number of hydrogen-bond donors (Lipinski definition) is 0. The van der Waals surface area contributed by atoms with Gasteiger partial charge in [0.2, 0.25) is 0 Å². The van der Waals surface area contributed by atoms with E-state index in [1.54, 1.807) is 0 Å². The zero-order chi connectivity index (χ0) is 27.0. The molecule has 1 atom stereocenters. The molecule has 218 valence electrons. The van der Waals surface area contributed by atoms with Gasteiger partial charge >= 0.3 is 0 Å². The molecular formula is C35H74P+. The Bertz CT molecular complexity index is 422. The predicted molar refractivity (Wildman–Crippen MR) is 174 cm³/mol. The van der Waals surface area contributed by atoms with E-state index in [2.05, 4.69) is 47.7 Å². The Balaban J connectivity index is 5.19. The maximum atomic E-state index is 2.73. The van der Waals surface area contributed by atoms with E-state index in [-0.39, 0.29) is 0 Å². The molecule has 0 N–H and O–H groups in total. The van der Waals surface area contributed by atoms with Crippen LogP contribution in [0.25, 0.3) is 0 Å². The second kappa shape index (κ2) is 24.5. The lowest BCUT2D eigenvalue weighted by atomic mass is 9.77. The van der Waals surface area contributed by atoms with E-state index in [9.17, 15) is 0 Å². The first-order valence-electron chi connectivity index (χ1n) is 17.2. The monoisotopic (exact) mass is 526 g/mol. The Hall–Kier alpha value is 0.430. The van der Waals surface area contributed by atoms with Gasteiger partial charge in [0.1, 0.15) is 0 Å². The molecule has 0 spiro atoms. The second-order valence-electron chi connectivity index (χ2n) is 13.3. The van der Waals surface area contributed by atoms with Gasteiger partial charge in [-0.1, -0.05) is 156 Å². The zero-order valence-corrected chi connectivity index (χ0v) is 27.8. The molecular weight excluding hydrogens is 451 g/mol. The maximum Gasteiger partial charge on any atom is 0.0819 e. The maximum absolute atomic E-state index is 2.73. The summed E-state index contributed by atoms with van der Waals surface area (Å²) in [7, 11) is -0.946. The van der Waals surface area contributed by atoms with E-state index in [4.69, 9.17) is 0 Å². The van der Waals surface area contributed by atoms with Crippen LogP contribution in [-0.2, 0) is 0 Å². The van der Waals surface area contributed by atoms with Crippen molar-refractivity contribution in [1.82, 2.24) is 0 Å². The van der Waals surface area contributed by atoms with Crippen molar-refractivity contribution in [1.29, 1.82) is 0 Å². The van der Waals surface area contributed by atoms with E-state index in [1.165, 1.54) is 167 Å². The molecule has 0 aromatic rings. The van der Waals surface area contributed by atoms with Gasteiger partial charge in [-0.3, -0.25) is 0 Å². The van der Waals surface area contributed by atoms with Crippen molar-refractivity contribution in [2.24, 2.45) is 5.92 Å². The third kappa shape index (κ3) is 17.1. The molecule has 0 aliphatic heterocycles. The Morgan fingerprint density at radius 2 is 0.667 bits per heavy atom. The molecule has 0 aliphatic rings. The van der Waals surface area contributed by atoms with Gasteiger partial charge < -0.3 is 0 Å². The molecule has 1 unspecified atom stereocenters. The van der Waals surface area contributed by atoms with Gasteiger partial charge in [-0.15, -0.1) is 0 Å². The molecule has 0 aromatic carbocycles. The Morgan fingerprint density at radius 3 is 1.00 bits per heavy atom. The zero-order valence-electron chi connectivity index (χ0n) is 26.9. The van der Waals surface area contributed by atoms with Gasteiger partial charge in [-0.05, 0) is 44.4 Å². The minimum Gasteiger partial charge on any atom is -0.0654 e. The third-order valence-corrected chi connectivity index (χ3v) is 12.8. The first kappa shape index (κ1) is 36.4. The summed E-state index contributed by atoms with van der Waals surface area (Å²) in [6.07, 6.45) is 38.1. The van der Waals surface area contributed by atoms with Crippen molar-refractivity contribution in [3.63, 3.8) is 0 Å². The van der Waals surface area contributed by atoms with Crippen LogP contribution < -0.4 is 0 Å². The van der Waals surface area contributed by atoms with E-state index >= 15 is 0 Å². The first-order valence-corrected chi connectivity index (χ1v) is 20.3. The highest BCUT2D eigenvalue weighted by Crippen LogP contribution is 2.68. The minimum atomic E-state index is -0.946. The number of hydrogen-bond acceptors (Lipinski definition) is 0. The minimum absolute atomic E-state index is 0.653. The summed E-state index contributed by atoms with van der Waals surface area (Å²) in [6.45, 7) is 17.6. The third-order valence-electron chi connectivity index (χ3n) is 9.33. The van der Waals surface area contributed by atoms with Crippen molar-refractivity contribution >= 4 is 7.26 Å². The summed E-state index contributed by atoms with van der Waals surface area (Å²) in [5.41, 5.74) is 0. The van der Waals surface area contributed by atoms with Crippen LogP contribution in [0.4, 0.5) is 0 Å². The van der Waals surface area contributed by atoms with Crippen molar-refractivity contribution < 1.29 is 0 Å². The molecule has 0 saturated heterocycles. The highest BCUT2D eigenvalue weighted by Gasteiger charge is 2.51. The molecule has 0 heterocycles. The molecule has 0 rings (SSSR count). The topological polar surface area (TPSA) is 0 Å². The van der Waals surface area contributed by atoms with Crippen LogP contribution in [-0.4, -0.2) is 25.2 Å². The van der Waals surface area contributed by atoms with Crippen molar-refractivity contribution in [3.05, 3.63) is 0 Å². The SMILES string of the molecule is CCCCCCCCCCCCC(CCCCCC)C(CCCCCC)(CCCCCC)[P+](C)(C)C. The van der Waals surface area contributed by atoms with Crippen LogP contribution in [0.5, 0.6) is 0 Å². The largest absolute Gasteiger partial charge is 0.0819 e. The van der Waals surface area contributed by atoms with Crippen molar-refractivity contribution in [2.75, 3.05) is 20.0 Å². The predicted octanol–water partition coefficient (Wildman–Crippen LogP) is 13.5. The fourth-order valence-electron chi connectivity index (χ4n) is 6.84. The molecule has 0 aliphatic carbocycles. The Morgan fingerprint density at radius 1 is 0.389 bits per heavy atom. The van der Waals surface area contributed by atoms with Crippen LogP contribution in [0.15, 0.2) is 0 Å². The second-order valence-corrected chi connectivity index (χ2v) is 18.2. The highest BCUT2D eigenvalue weighted by atomic mass is 31.2. The van der Waals surface area contributed by atoms with Crippen LogP contribution in [0, 0.1) is 5.92 Å². The lowest BCUT2D eigenvalue weighted by Gasteiger charge is -2.46. The molecule has 0 aromatic heterocycles. The molecule has 0 bridgehead atoms. The van der Waals surface area contributed by atoms with Crippen LogP contribution in [0.3, 0.4) is 0 Å². The lowest BCUT2D eigenvalue weighted by molar-refractivity contribution is 0.263. The van der Waals surface area contributed by atoms with E-state index < -0.39 is 7.26 Å². The summed E-state index contributed by atoms with van der Waals surface area (Å²) >= 11 is 0. The Labute approximate surface area is 232 Å². The van der Waals surface area contributed by atoms with Gasteiger partial charge in [0.25, 0.3) is 0 Å². The quantitative estimate of drug-likeness (QED) is 0.0703. The first-order chi connectivity index (χ1) is 17.4. The summed E-state index contributed by atoms with van der Waals surface area (Å²) in [5, 5.41) is 0.653. The highest BCUT2D eigenvalue weighted by molar-refractivity contribution is 7.75. The molecule has 1 heteroatoms. The molecule has 36 heavy (non-hydrogen) atoms. The fourth-order valence-corrected chi connectivity index (χ4v) is 9.86. The fraction of sp³-hybridized carbons (Fsp3) is 1.00. The van der Waals surface area contributed by atoms with Crippen LogP contribution in [0.2, 0.25) is 0 Å². The number of rotatable bonds is 28. The Kier molecular flexibility index (Phi) is 24.8. The molecule has 0 radical (unpaired) electrons. The standard InChI is InChI=1S/C35H74P/c1-8-12-16-20-21-22-23-24-25-27-31-34(30-26-17-13-9-2)35(36(5,6)7,32-28-18-14-10-3)33-29-19-15-11-4/h34H,8-33H2,1-7H3/q+1. The van der Waals surface area contributed by atoms with Crippen LogP contribution in [0.1, 0.15) is 195 Å². The average Bonchev–Trinajstić information content (AvgIpc) is 2.85. The molecule has 0 saturated carbocycles. The van der Waals surface area contributed by atoms with Crippen molar-refractivity contribution in [2.45, 2.75) is 200 Å². The van der Waals surface area contributed by atoms with Crippen molar-refractivity contribution in [3.8, 4) is 0 Å². The molecule has 0 amide bonds. The van der Waals surface area contributed by atoms with Gasteiger partial charge in [0.15, 0.2) is 0 Å². The molecule has 0 nitrogen and oxygen atoms in total. The van der Waals surface area contributed by atoms with Gasteiger partial charge in [-0.25, -0.2) is 0 Å². The smallest absolute Gasteiger partial charge is 0.0654 e.